The maximum atomic E-state index is 13.0. The molecule has 1 heterocycles. The molecule has 0 atom stereocenters. The first-order valence-corrected chi connectivity index (χ1v) is 11.4. The zero-order chi connectivity index (χ0) is 22.6. The summed E-state index contributed by atoms with van der Waals surface area (Å²) < 4.78 is 37.8. The van der Waals surface area contributed by atoms with E-state index in [1.54, 1.807) is 23.1 Å². The first kappa shape index (κ1) is 23.1. The minimum atomic E-state index is -3.80. The molecular weight excluding hydrogens is 444 g/mol. The van der Waals surface area contributed by atoms with Crippen molar-refractivity contribution in [1.82, 2.24) is 9.21 Å². The van der Waals surface area contributed by atoms with Crippen LogP contribution in [-0.2, 0) is 26.2 Å². The van der Waals surface area contributed by atoms with E-state index in [9.17, 15) is 18.0 Å². The van der Waals surface area contributed by atoms with Crippen LogP contribution in [0.1, 0.15) is 22.8 Å². The van der Waals surface area contributed by atoms with Gasteiger partial charge < -0.3 is 14.4 Å². The molecule has 0 saturated carbocycles. The lowest BCUT2D eigenvalue weighted by Crippen LogP contribution is -2.49. The first-order valence-electron chi connectivity index (χ1n) is 9.57. The van der Waals surface area contributed by atoms with Gasteiger partial charge in [-0.3, -0.25) is 4.79 Å². The smallest absolute Gasteiger partial charge is 0.338 e. The van der Waals surface area contributed by atoms with Gasteiger partial charge in [0.2, 0.25) is 15.9 Å². The second-order valence-electron chi connectivity index (χ2n) is 6.97. The van der Waals surface area contributed by atoms with E-state index in [2.05, 4.69) is 0 Å². The van der Waals surface area contributed by atoms with E-state index in [0.717, 1.165) is 0 Å². The topological polar surface area (TPSA) is 93.2 Å². The molecule has 1 saturated heterocycles. The number of ether oxygens (including phenoxy) is 2. The van der Waals surface area contributed by atoms with E-state index in [1.807, 2.05) is 0 Å². The first-order chi connectivity index (χ1) is 14.7. The molecule has 3 rings (SSSR count). The summed E-state index contributed by atoms with van der Waals surface area (Å²) >= 11 is 5.99. The van der Waals surface area contributed by atoms with E-state index >= 15 is 0 Å². The van der Waals surface area contributed by atoms with Gasteiger partial charge in [0.25, 0.3) is 0 Å². The Hall–Kier alpha value is -2.62. The molecule has 0 aliphatic carbocycles. The van der Waals surface area contributed by atoms with Crippen molar-refractivity contribution in [3.8, 4) is 5.75 Å². The molecule has 0 unspecified atom stereocenters. The van der Waals surface area contributed by atoms with Crippen molar-refractivity contribution in [2.75, 3.05) is 33.3 Å². The Morgan fingerprint density at radius 3 is 2.42 bits per heavy atom. The zero-order valence-electron chi connectivity index (χ0n) is 17.2. The van der Waals surface area contributed by atoms with Crippen LogP contribution in [0.2, 0.25) is 5.02 Å². The molecule has 0 spiro atoms. The summed E-state index contributed by atoms with van der Waals surface area (Å²) in [7, 11) is -2.30. The average molecular weight is 467 g/mol. The number of carbonyl (C=O) groups excluding carboxylic acids is 2. The number of halogens is 1. The second-order valence-corrected chi connectivity index (χ2v) is 9.34. The van der Waals surface area contributed by atoms with E-state index in [-0.39, 0.29) is 36.1 Å². The van der Waals surface area contributed by atoms with E-state index in [1.165, 1.54) is 42.6 Å². The quantitative estimate of drug-likeness (QED) is 0.607. The number of carbonyl (C=O) groups is 2. The maximum absolute atomic E-state index is 13.0. The monoisotopic (exact) mass is 466 g/mol. The summed E-state index contributed by atoms with van der Waals surface area (Å²) in [5.74, 6) is -0.225. The van der Waals surface area contributed by atoms with Crippen molar-refractivity contribution in [1.29, 1.82) is 0 Å². The van der Waals surface area contributed by atoms with Crippen molar-refractivity contribution < 1.29 is 27.5 Å². The SMILES string of the molecule is COc1ccc(Cl)cc1COC(=O)c1cccc(S(=O)(=O)N2CCN(C(C)=O)CC2)c1. The molecule has 0 N–H and O–H groups in total. The van der Waals surface area contributed by atoms with Crippen LogP contribution in [0.5, 0.6) is 5.75 Å². The molecule has 0 bridgehead atoms. The number of piperazine rings is 1. The van der Waals surface area contributed by atoms with Gasteiger partial charge in [0.05, 0.1) is 17.6 Å². The van der Waals surface area contributed by atoms with Crippen LogP contribution in [0.3, 0.4) is 0 Å². The molecule has 0 aromatic heterocycles. The molecule has 0 radical (unpaired) electrons. The predicted molar refractivity (Wildman–Crippen MR) is 115 cm³/mol. The molecule has 10 heteroatoms. The third-order valence-corrected chi connectivity index (χ3v) is 7.12. The number of amides is 1. The summed E-state index contributed by atoms with van der Waals surface area (Å²) in [6, 6.07) is 10.7. The lowest BCUT2D eigenvalue weighted by atomic mass is 10.2. The summed E-state index contributed by atoms with van der Waals surface area (Å²) in [5, 5.41) is 0.477. The molecule has 1 aliphatic rings. The molecule has 1 amide bonds. The van der Waals surface area contributed by atoms with Crippen LogP contribution in [0.15, 0.2) is 47.4 Å². The van der Waals surface area contributed by atoms with Gasteiger partial charge in [-0.2, -0.15) is 4.31 Å². The van der Waals surface area contributed by atoms with Crippen molar-refractivity contribution in [2.24, 2.45) is 0 Å². The fourth-order valence-electron chi connectivity index (χ4n) is 3.26. The molecule has 1 fully saturated rings. The number of hydrogen-bond acceptors (Lipinski definition) is 6. The highest BCUT2D eigenvalue weighted by Gasteiger charge is 2.29. The largest absolute Gasteiger partial charge is 0.496 e. The minimum Gasteiger partial charge on any atom is -0.496 e. The third-order valence-electron chi connectivity index (χ3n) is 4.99. The van der Waals surface area contributed by atoms with Crippen molar-refractivity contribution in [3.05, 3.63) is 58.6 Å². The van der Waals surface area contributed by atoms with Crippen LogP contribution in [0.25, 0.3) is 0 Å². The summed E-state index contributed by atoms with van der Waals surface area (Å²) in [5.41, 5.74) is 0.708. The van der Waals surface area contributed by atoms with Gasteiger partial charge >= 0.3 is 5.97 Å². The summed E-state index contributed by atoms with van der Waals surface area (Å²) in [4.78, 5) is 25.6. The number of esters is 1. The normalized spacial score (nSPS) is 14.9. The van der Waals surface area contributed by atoms with Gasteiger partial charge in [0.1, 0.15) is 12.4 Å². The van der Waals surface area contributed by atoms with Crippen LogP contribution >= 0.6 is 11.6 Å². The molecule has 31 heavy (non-hydrogen) atoms. The standard InChI is InChI=1S/C21H23ClN2O6S/c1-15(25)23-8-10-24(11-9-23)31(27,28)19-5-3-4-16(13-19)21(26)30-14-17-12-18(22)6-7-20(17)29-2/h3-7,12-13H,8-11,14H2,1-2H3. The lowest BCUT2D eigenvalue weighted by Gasteiger charge is -2.33. The summed E-state index contributed by atoms with van der Waals surface area (Å²) in [6.45, 7) is 2.44. The Bertz CT molecular complexity index is 1080. The van der Waals surface area contributed by atoms with Crippen molar-refractivity contribution >= 4 is 33.5 Å². The van der Waals surface area contributed by atoms with Gasteiger partial charge in [-0.15, -0.1) is 0 Å². The third kappa shape index (κ3) is 5.36. The molecule has 8 nitrogen and oxygen atoms in total. The molecule has 2 aromatic rings. The number of nitrogens with zero attached hydrogens (tertiary/aromatic N) is 2. The van der Waals surface area contributed by atoms with Crippen LogP contribution in [0, 0.1) is 0 Å². The fourth-order valence-corrected chi connectivity index (χ4v) is 4.93. The second kappa shape index (κ2) is 9.67. The summed E-state index contributed by atoms with van der Waals surface area (Å²) in [6.07, 6.45) is 0. The Balaban J connectivity index is 1.72. The van der Waals surface area contributed by atoms with Crippen molar-refractivity contribution in [3.63, 3.8) is 0 Å². The highest BCUT2D eigenvalue weighted by Crippen LogP contribution is 2.24. The van der Waals surface area contributed by atoms with Crippen LogP contribution in [0.4, 0.5) is 0 Å². The molecule has 2 aromatic carbocycles. The molecule has 166 valence electrons. The van der Waals surface area contributed by atoms with Crippen LogP contribution in [-0.4, -0.2) is 62.8 Å². The molecule has 1 aliphatic heterocycles. The average Bonchev–Trinajstić information content (AvgIpc) is 2.77. The van der Waals surface area contributed by atoms with E-state index in [4.69, 9.17) is 21.1 Å². The van der Waals surface area contributed by atoms with Gasteiger partial charge in [0, 0.05) is 43.7 Å². The minimum absolute atomic E-state index is 0.00133. The number of methoxy groups -OCH3 is 1. The maximum Gasteiger partial charge on any atom is 0.338 e. The Morgan fingerprint density at radius 1 is 1.06 bits per heavy atom. The highest BCUT2D eigenvalue weighted by atomic mass is 35.5. The number of sulfonamides is 1. The Kier molecular flexibility index (Phi) is 7.19. The predicted octanol–water partition coefficient (Wildman–Crippen LogP) is 2.56. The Morgan fingerprint density at radius 2 is 1.77 bits per heavy atom. The zero-order valence-corrected chi connectivity index (χ0v) is 18.8. The van der Waals surface area contributed by atoms with Gasteiger partial charge in [0.15, 0.2) is 0 Å². The van der Waals surface area contributed by atoms with E-state index in [0.29, 0.717) is 29.4 Å². The Labute approximate surface area is 186 Å². The van der Waals surface area contributed by atoms with Gasteiger partial charge in [-0.1, -0.05) is 17.7 Å². The number of rotatable bonds is 6. The number of hydrogen-bond donors (Lipinski definition) is 0. The van der Waals surface area contributed by atoms with Crippen LogP contribution < -0.4 is 4.74 Å². The lowest BCUT2D eigenvalue weighted by molar-refractivity contribution is -0.129. The molecular formula is C21H23ClN2O6S. The highest BCUT2D eigenvalue weighted by molar-refractivity contribution is 7.89. The van der Waals surface area contributed by atoms with Gasteiger partial charge in [-0.25, -0.2) is 13.2 Å². The van der Waals surface area contributed by atoms with Gasteiger partial charge in [-0.05, 0) is 36.4 Å². The van der Waals surface area contributed by atoms with Crippen molar-refractivity contribution in [2.45, 2.75) is 18.4 Å². The fraction of sp³-hybridized carbons (Fsp3) is 0.333. The van der Waals surface area contributed by atoms with E-state index < -0.39 is 16.0 Å². The number of benzene rings is 2.